The third-order valence-electron chi connectivity index (χ3n) is 3.06. The highest BCUT2D eigenvalue weighted by Crippen LogP contribution is 2.27. The Kier molecular flexibility index (Phi) is 4.51. The fourth-order valence-corrected chi connectivity index (χ4v) is 4.22. The first-order valence-electron chi connectivity index (χ1n) is 6.49. The molecule has 2 amide bonds. The van der Waals surface area contributed by atoms with Crippen LogP contribution in [0.3, 0.4) is 0 Å². The first kappa shape index (κ1) is 17.4. The Bertz CT molecular complexity index is 870. The Balaban J connectivity index is 2.57. The number of hydrogen-bond donors (Lipinski definition) is 2. The maximum Gasteiger partial charge on any atom is 0.321 e. The van der Waals surface area contributed by atoms with Gasteiger partial charge in [0.2, 0.25) is 9.84 Å². The molecule has 10 heteroatoms. The summed E-state index contributed by atoms with van der Waals surface area (Å²) in [6.07, 6.45) is -0.850. The molecule has 8 nitrogen and oxygen atoms in total. The van der Waals surface area contributed by atoms with Crippen molar-refractivity contribution in [2.75, 3.05) is 6.26 Å². The molecule has 126 valence electrons. The van der Waals surface area contributed by atoms with Crippen molar-refractivity contribution in [3.05, 3.63) is 40.4 Å². The predicted octanol–water partition coefficient (Wildman–Crippen LogP) is 0.615. The van der Waals surface area contributed by atoms with Crippen molar-refractivity contribution < 1.29 is 25.8 Å². The largest absolute Gasteiger partial charge is 0.321 e. The van der Waals surface area contributed by atoms with Gasteiger partial charge in [-0.05, 0) is 26.0 Å². The van der Waals surface area contributed by atoms with Gasteiger partial charge < -0.3 is 10.6 Å². The standard InChI is InChI=1S/C13H16N2O6S2/c1-8-4-6-10(7-5-8)23(19,20)11-9(2)14-13(16)15-12(11)21-22(3,17)18/h4-7,12H,1-3H3,(H2,14,15,16). The molecule has 0 saturated heterocycles. The number of rotatable bonds is 4. The van der Waals surface area contributed by atoms with E-state index in [4.69, 9.17) is 4.18 Å². The topological polar surface area (TPSA) is 119 Å². The smallest absolute Gasteiger partial charge is 0.311 e. The van der Waals surface area contributed by atoms with Gasteiger partial charge in [0.05, 0.1) is 11.2 Å². The van der Waals surface area contributed by atoms with Crippen LogP contribution in [0.15, 0.2) is 39.8 Å². The third-order valence-corrected chi connectivity index (χ3v) is 5.60. The molecular weight excluding hydrogens is 344 g/mol. The number of aryl methyl sites for hydroxylation is 1. The summed E-state index contributed by atoms with van der Waals surface area (Å²) in [4.78, 5) is 11.1. The van der Waals surface area contributed by atoms with Crippen LogP contribution in [-0.4, -0.2) is 35.4 Å². The molecule has 1 atom stereocenters. The number of sulfone groups is 1. The Labute approximate surface area is 134 Å². The van der Waals surface area contributed by atoms with Gasteiger partial charge in [-0.25, -0.2) is 17.4 Å². The summed E-state index contributed by atoms with van der Waals surface area (Å²) >= 11 is 0. The van der Waals surface area contributed by atoms with Gasteiger partial charge in [0.25, 0.3) is 10.1 Å². The zero-order valence-corrected chi connectivity index (χ0v) is 14.3. The molecule has 1 aromatic rings. The number of amides is 2. The van der Waals surface area contributed by atoms with Crippen LogP contribution in [0.5, 0.6) is 0 Å². The first-order valence-corrected chi connectivity index (χ1v) is 9.79. The van der Waals surface area contributed by atoms with E-state index in [1.807, 2.05) is 0 Å². The van der Waals surface area contributed by atoms with Crippen molar-refractivity contribution in [1.29, 1.82) is 0 Å². The fraction of sp³-hybridized carbons (Fsp3) is 0.308. The molecule has 0 radical (unpaired) electrons. The Morgan fingerprint density at radius 1 is 1.04 bits per heavy atom. The monoisotopic (exact) mass is 360 g/mol. The van der Waals surface area contributed by atoms with Crippen molar-refractivity contribution in [3.63, 3.8) is 0 Å². The van der Waals surface area contributed by atoms with Crippen LogP contribution < -0.4 is 10.6 Å². The summed E-state index contributed by atoms with van der Waals surface area (Å²) < 4.78 is 53.0. The van der Waals surface area contributed by atoms with Gasteiger partial charge in [0.1, 0.15) is 4.91 Å². The third kappa shape index (κ3) is 3.89. The van der Waals surface area contributed by atoms with E-state index in [-0.39, 0.29) is 15.5 Å². The lowest BCUT2D eigenvalue weighted by atomic mass is 10.2. The average molecular weight is 360 g/mol. The van der Waals surface area contributed by atoms with Gasteiger partial charge >= 0.3 is 6.03 Å². The summed E-state index contributed by atoms with van der Waals surface area (Å²) in [7, 11) is -8.05. The minimum atomic E-state index is -4.06. The second kappa shape index (κ2) is 5.95. The number of hydrogen-bond acceptors (Lipinski definition) is 6. The highest BCUT2D eigenvalue weighted by molar-refractivity contribution is 7.95. The van der Waals surface area contributed by atoms with Crippen LogP contribution in [0.25, 0.3) is 0 Å². The zero-order valence-electron chi connectivity index (χ0n) is 12.7. The van der Waals surface area contributed by atoms with Gasteiger partial charge in [-0.3, -0.25) is 0 Å². The van der Waals surface area contributed by atoms with Crippen LogP contribution in [0.1, 0.15) is 12.5 Å². The number of carbonyl (C=O) groups excluding carboxylic acids is 1. The molecule has 1 unspecified atom stereocenters. The number of nitrogens with one attached hydrogen (secondary N) is 2. The normalized spacial score (nSPS) is 19.3. The van der Waals surface area contributed by atoms with Gasteiger partial charge in [-0.1, -0.05) is 17.7 Å². The fourth-order valence-electron chi connectivity index (χ4n) is 2.08. The van der Waals surface area contributed by atoms with E-state index >= 15 is 0 Å². The van der Waals surface area contributed by atoms with E-state index in [9.17, 15) is 21.6 Å². The Hall–Kier alpha value is -1.91. The summed E-state index contributed by atoms with van der Waals surface area (Å²) in [5.41, 5.74) is 0.872. The summed E-state index contributed by atoms with van der Waals surface area (Å²) in [5.74, 6) is 0. The van der Waals surface area contributed by atoms with Crippen LogP contribution in [-0.2, 0) is 24.1 Å². The van der Waals surface area contributed by atoms with Gasteiger partial charge in [-0.15, -0.1) is 0 Å². The molecule has 2 N–H and O–H groups in total. The van der Waals surface area contributed by atoms with Crippen molar-refractivity contribution in [3.8, 4) is 0 Å². The number of allylic oxidation sites excluding steroid dienone is 1. The van der Waals surface area contributed by atoms with Crippen LogP contribution in [0, 0.1) is 6.92 Å². The lowest BCUT2D eigenvalue weighted by Crippen LogP contribution is -2.51. The molecule has 0 bridgehead atoms. The average Bonchev–Trinajstić information content (AvgIpc) is 2.35. The van der Waals surface area contributed by atoms with E-state index in [1.165, 1.54) is 19.1 Å². The maximum atomic E-state index is 12.8. The molecule has 0 fully saturated rings. The minimum Gasteiger partial charge on any atom is -0.311 e. The lowest BCUT2D eigenvalue weighted by molar-refractivity contribution is 0.192. The van der Waals surface area contributed by atoms with E-state index in [0.29, 0.717) is 0 Å². The van der Waals surface area contributed by atoms with Crippen molar-refractivity contribution in [1.82, 2.24) is 10.6 Å². The number of urea groups is 1. The highest BCUT2D eigenvalue weighted by atomic mass is 32.2. The molecule has 0 aromatic heterocycles. The van der Waals surface area contributed by atoms with Gasteiger partial charge in [0, 0.05) is 5.70 Å². The minimum absolute atomic E-state index is 0.00275. The van der Waals surface area contributed by atoms with Gasteiger partial charge in [0.15, 0.2) is 6.23 Å². The van der Waals surface area contributed by atoms with E-state index in [2.05, 4.69) is 10.6 Å². The van der Waals surface area contributed by atoms with E-state index in [1.54, 1.807) is 19.1 Å². The molecule has 1 aliphatic rings. The maximum absolute atomic E-state index is 12.8. The van der Waals surface area contributed by atoms with Crippen LogP contribution in [0.2, 0.25) is 0 Å². The van der Waals surface area contributed by atoms with Gasteiger partial charge in [-0.2, -0.15) is 8.42 Å². The van der Waals surface area contributed by atoms with Crippen LogP contribution in [0.4, 0.5) is 4.79 Å². The Morgan fingerprint density at radius 2 is 1.61 bits per heavy atom. The van der Waals surface area contributed by atoms with Crippen molar-refractivity contribution >= 4 is 26.0 Å². The van der Waals surface area contributed by atoms with Crippen LogP contribution >= 0.6 is 0 Å². The summed E-state index contributed by atoms with van der Waals surface area (Å²) in [5, 5.41) is 4.46. The second-order valence-electron chi connectivity index (χ2n) is 5.08. The summed E-state index contributed by atoms with van der Waals surface area (Å²) in [6, 6.07) is 5.28. The molecule has 0 spiro atoms. The first-order chi connectivity index (χ1) is 10.5. The molecule has 1 aromatic carbocycles. The number of benzene rings is 1. The van der Waals surface area contributed by atoms with E-state index in [0.717, 1.165) is 11.8 Å². The molecule has 23 heavy (non-hydrogen) atoms. The molecule has 1 aliphatic heterocycles. The lowest BCUT2D eigenvalue weighted by Gasteiger charge is -2.27. The summed E-state index contributed by atoms with van der Waals surface area (Å²) in [6.45, 7) is 3.16. The molecular formula is C13H16N2O6S2. The SMILES string of the molecule is CC1=C(S(=O)(=O)c2ccc(C)cc2)C(OS(C)(=O)=O)NC(=O)N1. The molecule has 2 rings (SSSR count). The molecule has 0 saturated carbocycles. The zero-order chi connectivity index (χ0) is 17.4. The highest BCUT2D eigenvalue weighted by Gasteiger charge is 2.37. The second-order valence-corrected chi connectivity index (χ2v) is 8.60. The van der Waals surface area contributed by atoms with Crippen molar-refractivity contribution in [2.24, 2.45) is 0 Å². The predicted molar refractivity (Wildman–Crippen MR) is 82.4 cm³/mol. The number of carbonyl (C=O) groups is 1. The quantitative estimate of drug-likeness (QED) is 0.760. The molecule has 1 heterocycles. The van der Waals surface area contributed by atoms with E-state index < -0.39 is 32.2 Å². The molecule has 0 aliphatic carbocycles. The Morgan fingerprint density at radius 3 is 2.13 bits per heavy atom. The van der Waals surface area contributed by atoms with Crippen molar-refractivity contribution in [2.45, 2.75) is 25.0 Å².